The van der Waals surface area contributed by atoms with Crippen LogP contribution >= 0.6 is 0 Å². The topological polar surface area (TPSA) is 95.6 Å². The van der Waals surface area contributed by atoms with Crippen molar-refractivity contribution < 1.29 is 37.1 Å². The third-order valence-corrected chi connectivity index (χ3v) is 5.60. The summed E-state index contributed by atoms with van der Waals surface area (Å²) in [5.74, 6) is 6.59. The first-order valence-corrected chi connectivity index (χ1v) is 11.7. The third kappa shape index (κ3) is 7.08. The average Bonchev–Trinajstić information content (AvgIpc) is 2.93. The molecule has 1 amide bonds. The summed E-state index contributed by atoms with van der Waals surface area (Å²) in [6, 6.07) is 18.1. The number of methoxy groups -OCH3 is 1. The fourth-order valence-corrected chi connectivity index (χ4v) is 3.65. The molecule has 0 aliphatic heterocycles. The Labute approximate surface area is 224 Å². The Bertz CT molecular complexity index is 1340. The number of rotatable bonds is 9. The Kier molecular flexibility index (Phi) is 9.56. The molecular weight excluding hydrogens is 515 g/mol. The normalized spacial score (nSPS) is 12.4. The number of oxime groups is 1. The minimum atomic E-state index is -4.43. The van der Waals surface area contributed by atoms with Crippen molar-refractivity contribution >= 4 is 23.3 Å². The molecule has 3 rings (SSSR count). The first-order chi connectivity index (χ1) is 18.6. The number of ether oxygens (including phenoxy) is 2. The van der Waals surface area contributed by atoms with E-state index in [4.69, 9.17) is 25.0 Å². The van der Waals surface area contributed by atoms with E-state index in [9.17, 15) is 18.0 Å². The van der Waals surface area contributed by atoms with Gasteiger partial charge >= 0.3 is 12.3 Å². The van der Waals surface area contributed by atoms with Crippen LogP contribution in [0.3, 0.4) is 0 Å². The van der Waals surface area contributed by atoms with Gasteiger partial charge < -0.3 is 19.1 Å². The van der Waals surface area contributed by atoms with Crippen molar-refractivity contribution in [2.45, 2.75) is 20.0 Å². The number of carbonyl (C=O) groups excluding carboxylic acids is 1. The molecule has 0 radical (unpaired) electrons. The Morgan fingerprint density at radius 3 is 2.10 bits per heavy atom. The molecule has 0 unspecified atom stereocenters. The molecule has 0 bridgehead atoms. The van der Waals surface area contributed by atoms with Gasteiger partial charge in [-0.05, 0) is 74.5 Å². The van der Waals surface area contributed by atoms with Crippen molar-refractivity contribution in [1.29, 1.82) is 0 Å². The number of nitrogens with zero attached hydrogens (tertiary/aromatic N) is 2. The number of alkyl halides is 3. The van der Waals surface area contributed by atoms with Crippen molar-refractivity contribution in [3.8, 4) is 11.5 Å². The number of hydrogen-bond donors (Lipinski definition) is 1. The van der Waals surface area contributed by atoms with E-state index < -0.39 is 17.8 Å². The predicted molar refractivity (Wildman–Crippen MR) is 141 cm³/mol. The van der Waals surface area contributed by atoms with Gasteiger partial charge in [0.15, 0.2) is 5.76 Å². The molecular formula is C28H28F3N3O5. The zero-order chi connectivity index (χ0) is 28.6. The standard InChI is InChI=1S/C28H28F3N3O5/c1-5-37-33-25(18(2)26(39-32)23-8-6-7-9-24(23)34(3)27(35)36-4)19-10-14-21(15-11-19)38-22-16-12-20(13-17-22)28(29,30)31/h6-17H,5,32H2,1-4H3/b26-18-,33-25-. The molecule has 0 spiro atoms. The molecule has 0 aromatic heterocycles. The third-order valence-electron chi connectivity index (χ3n) is 5.60. The quantitative estimate of drug-likeness (QED) is 0.182. The fraction of sp³-hybridized carbons (Fsp3) is 0.214. The Hall–Kier alpha value is -4.51. The molecule has 3 aromatic rings. The SMILES string of the molecule is CCO/N=C(/C(C)=C(\ON)c1ccccc1N(C)C(=O)OC)c1ccc(Oc2ccc(C(F)(F)F)cc2)cc1. The highest BCUT2D eigenvalue weighted by Gasteiger charge is 2.30. The van der Waals surface area contributed by atoms with Crippen molar-refractivity contribution in [3.63, 3.8) is 0 Å². The number of carbonyl (C=O) groups is 1. The highest BCUT2D eigenvalue weighted by Crippen LogP contribution is 2.33. The lowest BCUT2D eigenvalue weighted by Crippen LogP contribution is -2.27. The Morgan fingerprint density at radius 2 is 1.56 bits per heavy atom. The summed E-state index contributed by atoms with van der Waals surface area (Å²) in [6.07, 6.45) is -5.01. The zero-order valence-electron chi connectivity index (χ0n) is 21.8. The molecule has 2 N–H and O–H groups in total. The number of para-hydroxylation sites is 1. The van der Waals surface area contributed by atoms with Crippen LogP contribution in [-0.2, 0) is 20.6 Å². The van der Waals surface area contributed by atoms with Gasteiger partial charge in [-0.3, -0.25) is 4.90 Å². The van der Waals surface area contributed by atoms with Crippen molar-refractivity contribution in [2.24, 2.45) is 11.1 Å². The summed E-state index contributed by atoms with van der Waals surface area (Å²) in [6.45, 7) is 3.82. The maximum Gasteiger partial charge on any atom is 0.416 e. The monoisotopic (exact) mass is 543 g/mol. The van der Waals surface area contributed by atoms with Crippen molar-refractivity contribution in [3.05, 3.63) is 95.1 Å². The lowest BCUT2D eigenvalue weighted by molar-refractivity contribution is -0.137. The smallest absolute Gasteiger partial charge is 0.416 e. The van der Waals surface area contributed by atoms with Crippen LogP contribution in [-0.4, -0.2) is 32.6 Å². The number of halogens is 3. The number of nitrogens with two attached hydrogens (primary N) is 1. The van der Waals surface area contributed by atoms with Crippen molar-refractivity contribution in [2.75, 3.05) is 25.7 Å². The van der Waals surface area contributed by atoms with Gasteiger partial charge in [0, 0.05) is 23.7 Å². The average molecular weight is 544 g/mol. The second-order valence-electron chi connectivity index (χ2n) is 8.12. The van der Waals surface area contributed by atoms with E-state index in [-0.39, 0.29) is 11.5 Å². The molecule has 0 aliphatic carbocycles. The minimum absolute atomic E-state index is 0.241. The van der Waals surface area contributed by atoms with Crippen LogP contribution in [0.5, 0.6) is 11.5 Å². The van der Waals surface area contributed by atoms with E-state index in [0.717, 1.165) is 12.1 Å². The largest absolute Gasteiger partial charge is 0.457 e. The second-order valence-corrected chi connectivity index (χ2v) is 8.12. The number of hydrogen-bond acceptors (Lipinski definition) is 7. The number of anilines is 1. The van der Waals surface area contributed by atoms with Crippen LogP contribution in [0.25, 0.3) is 5.76 Å². The molecule has 0 fully saturated rings. The maximum absolute atomic E-state index is 12.8. The number of benzene rings is 3. The van der Waals surface area contributed by atoms with Gasteiger partial charge in [0.2, 0.25) is 0 Å². The summed E-state index contributed by atoms with van der Waals surface area (Å²) in [4.78, 5) is 24.1. The van der Waals surface area contributed by atoms with E-state index >= 15 is 0 Å². The van der Waals surface area contributed by atoms with Gasteiger partial charge in [-0.2, -0.15) is 19.1 Å². The van der Waals surface area contributed by atoms with Gasteiger partial charge in [0.05, 0.1) is 18.4 Å². The van der Waals surface area contributed by atoms with E-state index in [1.54, 1.807) is 69.4 Å². The van der Waals surface area contributed by atoms with Crippen LogP contribution < -0.4 is 15.5 Å². The minimum Gasteiger partial charge on any atom is -0.457 e. The Balaban J connectivity index is 1.97. The van der Waals surface area contributed by atoms with Crippen LogP contribution in [0.2, 0.25) is 0 Å². The van der Waals surface area contributed by atoms with Gasteiger partial charge in [-0.15, -0.1) is 0 Å². The fourth-order valence-electron chi connectivity index (χ4n) is 3.65. The summed E-state index contributed by atoms with van der Waals surface area (Å²) in [5, 5.41) is 4.25. The van der Waals surface area contributed by atoms with Crippen LogP contribution in [0.15, 0.2) is 83.5 Å². The summed E-state index contributed by atoms with van der Waals surface area (Å²) < 4.78 is 49.0. The highest BCUT2D eigenvalue weighted by molar-refractivity contribution is 6.16. The number of amides is 1. The first kappa shape index (κ1) is 29.1. The predicted octanol–water partition coefficient (Wildman–Crippen LogP) is 6.76. The molecule has 0 saturated carbocycles. The summed E-state index contributed by atoms with van der Waals surface area (Å²) in [7, 11) is 2.83. The van der Waals surface area contributed by atoms with Gasteiger partial charge in [-0.25, -0.2) is 4.79 Å². The molecule has 39 heavy (non-hydrogen) atoms. The maximum atomic E-state index is 12.8. The molecule has 206 valence electrons. The molecule has 8 nitrogen and oxygen atoms in total. The number of allylic oxidation sites excluding steroid dienone is 1. The molecule has 0 aliphatic rings. The van der Waals surface area contributed by atoms with Crippen LogP contribution in [0.4, 0.5) is 23.7 Å². The lowest BCUT2D eigenvalue weighted by Gasteiger charge is -2.21. The van der Waals surface area contributed by atoms with Crippen LogP contribution in [0.1, 0.15) is 30.5 Å². The van der Waals surface area contributed by atoms with E-state index in [1.807, 2.05) is 0 Å². The summed E-state index contributed by atoms with van der Waals surface area (Å²) >= 11 is 0. The molecule has 0 saturated heterocycles. The highest BCUT2D eigenvalue weighted by atomic mass is 19.4. The molecule has 0 heterocycles. The zero-order valence-corrected chi connectivity index (χ0v) is 21.8. The Morgan fingerprint density at radius 1 is 0.974 bits per heavy atom. The van der Waals surface area contributed by atoms with Crippen molar-refractivity contribution in [1.82, 2.24) is 0 Å². The van der Waals surface area contributed by atoms with E-state index in [0.29, 0.717) is 40.5 Å². The first-order valence-electron chi connectivity index (χ1n) is 11.7. The molecule has 0 atom stereocenters. The van der Waals surface area contributed by atoms with Gasteiger partial charge in [-0.1, -0.05) is 17.3 Å². The second kappa shape index (κ2) is 12.8. The lowest BCUT2D eigenvalue weighted by atomic mass is 9.98. The summed E-state index contributed by atoms with van der Waals surface area (Å²) in [5.41, 5.74) is 1.76. The van der Waals surface area contributed by atoms with E-state index in [2.05, 4.69) is 5.16 Å². The molecule has 3 aromatic carbocycles. The van der Waals surface area contributed by atoms with Gasteiger partial charge in [0.1, 0.15) is 23.8 Å². The van der Waals surface area contributed by atoms with E-state index in [1.165, 1.54) is 24.1 Å². The molecule has 11 heteroatoms. The van der Waals surface area contributed by atoms with Gasteiger partial charge in [0.25, 0.3) is 0 Å². The van der Waals surface area contributed by atoms with Crippen LogP contribution in [0, 0.1) is 0 Å².